The maximum absolute atomic E-state index is 13.1. The second-order valence-electron chi connectivity index (χ2n) is 6.97. The van der Waals surface area contributed by atoms with Crippen molar-refractivity contribution < 1.29 is 18.7 Å². The van der Waals surface area contributed by atoms with Crippen molar-refractivity contribution in [2.45, 2.75) is 12.3 Å². The molecule has 2 aliphatic rings. The highest BCUT2D eigenvalue weighted by Gasteiger charge is 2.33. The Labute approximate surface area is 159 Å². The number of amides is 2. The van der Waals surface area contributed by atoms with Crippen LogP contribution in [0.2, 0.25) is 0 Å². The van der Waals surface area contributed by atoms with E-state index in [0.717, 1.165) is 5.56 Å². The van der Waals surface area contributed by atoms with Crippen LogP contribution in [0.25, 0.3) is 11.0 Å². The second-order valence-corrected chi connectivity index (χ2v) is 6.97. The zero-order chi connectivity index (χ0) is 19.4. The largest absolute Gasteiger partial charge is 0.481 e. The van der Waals surface area contributed by atoms with Crippen molar-refractivity contribution in [3.63, 3.8) is 0 Å². The van der Waals surface area contributed by atoms with Crippen LogP contribution in [0, 0.1) is 0 Å². The van der Waals surface area contributed by atoms with Gasteiger partial charge in [-0.15, -0.1) is 0 Å². The molecule has 0 bridgehead atoms. The Morgan fingerprint density at radius 1 is 1.11 bits per heavy atom. The standard InChI is InChI=1S/C21H16N2O5/c1-23-16-6-13-12(14-9-27-17-5-3-2-4-11(17)21(14)26)7-19(24)22-15(13)8-18(16)28-10-20(23)25/h2-6,8-9,12H,7,10H2,1H3,(H,22,24). The molecule has 0 radical (unpaired) electrons. The van der Waals surface area contributed by atoms with Crippen LogP contribution < -0.4 is 20.4 Å². The summed E-state index contributed by atoms with van der Waals surface area (Å²) < 4.78 is 11.2. The molecule has 2 aromatic carbocycles. The maximum Gasteiger partial charge on any atom is 0.264 e. The first-order valence-electron chi connectivity index (χ1n) is 8.90. The van der Waals surface area contributed by atoms with Gasteiger partial charge in [-0.25, -0.2) is 0 Å². The molecule has 1 atom stereocenters. The summed E-state index contributed by atoms with van der Waals surface area (Å²) in [6.45, 7) is -0.0477. The number of hydrogen-bond acceptors (Lipinski definition) is 5. The Balaban J connectivity index is 1.71. The molecule has 0 fully saturated rings. The fourth-order valence-corrected chi connectivity index (χ4v) is 3.84. The number of hydrogen-bond donors (Lipinski definition) is 1. The molecule has 0 saturated heterocycles. The number of rotatable bonds is 1. The van der Waals surface area contributed by atoms with Crippen molar-refractivity contribution in [2.75, 3.05) is 23.9 Å². The van der Waals surface area contributed by atoms with E-state index in [1.807, 2.05) is 0 Å². The van der Waals surface area contributed by atoms with Crippen LogP contribution in [0.3, 0.4) is 0 Å². The van der Waals surface area contributed by atoms with Crippen LogP contribution in [0.5, 0.6) is 5.75 Å². The zero-order valence-electron chi connectivity index (χ0n) is 15.0. The van der Waals surface area contributed by atoms with E-state index in [1.54, 1.807) is 43.4 Å². The van der Waals surface area contributed by atoms with Crippen LogP contribution in [0.15, 0.2) is 51.9 Å². The number of nitrogens with zero attached hydrogens (tertiary/aromatic N) is 1. The maximum atomic E-state index is 13.1. The van der Waals surface area contributed by atoms with Gasteiger partial charge in [-0.2, -0.15) is 0 Å². The van der Waals surface area contributed by atoms with Gasteiger partial charge in [-0.1, -0.05) is 12.1 Å². The number of benzene rings is 2. The number of carbonyl (C=O) groups is 2. The molecule has 1 N–H and O–H groups in total. The van der Waals surface area contributed by atoms with E-state index >= 15 is 0 Å². The highest BCUT2D eigenvalue weighted by molar-refractivity contribution is 6.00. The van der Waals surface area contributed by atoms with Gasteiger partial charge in [0.2, 0.25) is 5.91 Å². The molecule has 140 valence electrons. The molecular formula is C21H16N2O5. The molecule has 5 rings (SSSR count). The van der Waals surface area contributed by atoms with E-state index in [2.05, 4.69) is 5.32 Å². The summed E-state index contributed by atoms with van der Waals surface area (Å²) in [5, 5.41) is 3.31. The van der Waals surface area contributed by atoms with E-state index in [1.165, 1.54) is 11.2 Å². The van der Waals surface area contributed by atoms with E-state index in [9.17, 15) is 14.4 Å². The number of likely N-dealkylation sites (N-methyl/N-ethyl adjacent to an activating group) is 1. The van der Waals surface area contributed by atoms with Crippen LogP contribution >= 0.6 is 0 Å². The predicted molar refractivity (Wildman–Crippen MR) is 103 cm³/mol. The van der Waals surface area contributed by atoms with E-state index < -0.39 is 5.92 Å². The van der Waals surface area contributed by atoms with Crippen molar-refractivity contribution in [3.8, 4) is 5.75 Å². The van der Waals surface area contributed by atoms with Crippen molar-refractivity contribution in [2.24, 2.45) is 0 Å². The highest BCUT2D eigenvalue weighted by atomic mass is 16.5. The first-order valence-corrected chi connectivity index (χ1v) is 8.90. The fraction of sp³-hybridized carbons (Fsp3) is 0.190. The average Bonchev–Trinajstić information content (AvgIpc) is 2.70. The first kappa shape index (κ1) is 16.6. The molecule has 28 heavy (non-hydrogen) atoms. The van der Waals surface area contributed by atoms with Crippen LogP contribution in [0.1, 0.15) is 23.5 Å². The van der Waals surface area contributed by atoms with Gasteiger partial charge in [0.15, 0.2) is 12.0 Å². The minimum Gasteiger partial charge on any atom is -0.481 e. The van der Waals surface area contributed by atoms with Gasteiger partial charge < -0.3 is 19.4 Å². The molecule has 0 spiro atoms. The monoisotopic (exact) mass is 376 g/mol. The summed E-state index contributed by atoms with van der Waals surface area (Å²) in [6.07, 6.45) is 1.55. The second kappa shape index (κ2) is 5.95. The third-order valence-corrected chi connectivity index (χ3v) is 5.34. The summed E-state index contributed by atoms with van der Waals surface area (Å²) in [5.74, 6) is -0.299. The highest BCUT2D eigenvalue weighted by Crippen LogP contribution is 2.43. The SMILES string of the molecule is CN1C(=O)COc2cc3c(cc21)C(c1coc2ccccc2c1=O)CC(=O)N3. The molecule has 2 aliphatic heterocycles. The molecular weight excluding hydrogens is 360 g/mol. The fourth-order valence-electron chi connectivity index (χ4n) is 3.84. The van der Waals surface area contributed by atoms with Crippen LogP contribution in [0.4, 0.5) is 11.4 Å². The van der Waals surface area contributed by atoms with E-state index in [-0.39, 0.29) is 30.3 Å². The van der Waals surface area contributed by atoms with Crippen LogP contribution in [-0.4, -0.2) is 25.5 Å². The summed E-state index contributed by atoms with van der Waals surface area (Å²) in [7, 11) is 1.68. The topological polar surface area (TPSA) is 88.9 Å². The quantitative estimate of drug-likeness (QED) is 0.705. The minimum absolute atomic E-state index is 0.0477. The first-order chi connectivity index (χ1) is 13.5. The number of fused-ring (bicyclic) bond motifs is 3. The minimum atomic E-state index is -0.472. The lowest BCUT2D eigenvalue weighted by molar-refractivity contribution is -0.121. The number of anilines is 2. The lowest BCUT2D eigenvalue weighted by Crippen LogP contribution is -2.36. The molecule has 0 saturated carbocycles. The summed E-state index contributed by atoms with van der Waals surface area (Å²) >= 11 is 0. The van der Waals surface area contributed by atoms with Gasteiger partial charge in [-0.3, -0.25) is 14.4 Å². The third kappa shape index (κ3) is 2.40. The number of carbonyl (C=O) groups excluding carboxylic acids is 2. The third-order valence-electron chi connectivity index (χ3n) is 5.34. The smallest absolute Gasteiger partial charge is 0.264 e. The number of ether oxygens (including phenoxy) is 1. The lowest BCUT2D eigenvalue weighted by atomic mass is 9.84. The normalized spacial score (nSPS) is 18.3. The molecule has 2 amide bonds. The van der Waals surface area contributed by atoms with Gasteiger partial charge in [0.25, 0.3) is 5.91 Å². The summed E-state index contributed by atoms with van der Waals surface area (Å²) in [4.78, 5) is 38.9. The molecule has 1 aromatic heterocycles. The summed E-state index contributed by atoms with van der Waals surface area (Å²) in [6, 6.07) is 10.5. The van der Waals surface area contributed by atoms with Gasteiger partial charge in [0.1, 0.15) is 11.3 Å². The molecule has 1 unspecified atom stereocenters. The van der Waals surface area contributed by atoms with Gasteiger partial charge in [0, 0.05) is 36.7 Å². The summed E-state index contributed by atoms with van der Waals surface area (Å²) in [5.41, 5.74) is 2.70. The Bertz CT molecular complexity index is 1210. The van der Waals surface area contributed by atoms with Gasteiger partial charge >= 0.3 is 0 Å². The van der Waals surface area contributed by atoms with Gasteiger partial charge in [0.05, 0.1) is 17.3 Å². The molecule has 3 heterocycles. The van der Waals surface area contributed by atoms with Crippen molar-refractivity contribution in [3.05, 3.63) is 64.0 Å². The van der Waals surface area contributed by atoms with Crippen molar-refractivity contribution >= 4 is 34.2 Å². The Morgan fingerprint density at radius 3 is 2.79 bits per heavy atom. The average molecular weight is 376 g/mol. The van der Waals surface area contributed by atoms with E-state index in [4.69, 9.17) is 9.15 Å². The molecule has 7 nitrogen and oxygen atoms in total. The Hall–Kier alpha value is -3.61. The van der Waals surface area contributed by atoms with Crippen LogP contribution in [-0.2, 0) is 9.59 Å². The molecule has 3 aromatic rings. The number of nitrogens with one attached hydrogen (secondary N) is 1. The van der Waals surface area contributed by atoms with E-state index in [0.29, 0.717) is 33.7 Å². The molecule has 7 heteroatoms. The van der Waals surface area contributed by atoms with Gasteiger partial charge in [-0.05, 0) is 23.8 Å². The Morgan fingerprint density at radius 2 is 1.93 bits per heavy atom. The predicted octanol–water partition coefficient (Wildman–Crippen LogP) is 2.62. The lowest BCUT2D eigenvalue weighted by Gasteiger charge is -2.31. The zero-order valence-corrected chi connectivity index (χ0v) is 15.0. The van der Waals surface area contributed by atoms with Crippen molar-refractivity contribution in [1.82, 2.24) is 0 Å². The Kier molecular flexibility index (Phi) is 3.52. The number of para-hydroxylation sites is 1. The molecule has 0 aliphatic carbocycles. The van der Waals surface area contributed by atoms with Crippen molar-refractivity contribution in [1.29, 1.82) is 0 Å².